The average Bonchev–Trinajstić information content (AvgIpc) is 1.89. The van der Waals surface area contributed by atoms with Gasteiger partial charge >= 0.3 is 0 Å². The van der Waals surface area contributed by atoms with E-state index >= 15 is 0 Å². The topological polar surface area (TPSA) is 18.5 Å². The molecule has 0 spiro atoms. The number of methoxy groups -OCH3 is 2. The molecule has 0 aromatic rings. The van der Waals surface area contributed by atoms with Crippen LogP contribution < -0.4 is 0 Å². The summed E-state index contributed by atoms with van der Waals surface area (Å²) >= 11 is 5.84. The zero-order valence-corrected chi connectivity index (χ0v) is 7.36. The molecule has 2 nitrogen and oxygen atoms in total. The Morgan fingerprint density at radius 2 is 2.00 bits per heavy atom. The Balaban J connectivity index is 2.97. The molecule has 0 aromatic heterocycles. The highest BCUT2D eigenvalue weighted by atomic mass is 35.5. The van der Waals surface area contributed by atoms with Crippen LogP contribution in [0.1, 0.15) is 12.8 Å². The molecule has 1 unspecified atom stereocenters. The van der Waals surface area contributed by atoms with Crippen molar-refractivity contribution in [3.05, 3.63) is 0 Å². The molecule has 0 bridgehead atoms. The zero-order chi connectivity index (χ0) is 7.82. The zero-order valence-electron chi connectivity index (χ0n) is 6.60. The number of rotatable bonds is 6. The fourth-order valence-electron chi connectivity index (χ4n) is 0.713. The Kier molecular flexibility index (Phi) is 7.47. The monoisotopic (exact) mass is 166 g/mol. The summed E-state index contributed by atoms with van der Waals surface area (Å²) in [5, 5.41) is 0.139. The molecule has 0 aliphatic heterocycles. The highest BCUT2D eigenvalue weighted by Gasteiger charge is 2.01. The fourth-order valence-corrected chi connectivity index (χ4v) is 0.994. The summed E-state index contributed by atoms with van der Waals surface area (Å²) in [6.07, 6.45) is 1.97. The smallest absolute Gasteiger partial charge is 0.0626 e. The van der Waals surface area contributed by atoms with Gasteiger partial charge in [-0.25, -0.2) is 0 Å². The maximum absolute atomic E-state index is 5.84. The van der Waals surface area contributed by atoms with Crippen LogP contribution >= 0.6 is 11.6 Å². The highest BCUT2D eigenvalue weighted by molar-refractivity contribution is 6.20. The summed E-state index contributed by atoms with van der Waals surface area (Å²) < 4.78 is 9.73. The van der Waals surface area contributed by atoms with E-state index in [4.69, 9.17) is 21.1 Å². The summed E-state index contributed by atoms with van der Waals surface area (Å²) in [4.78, 5) is 0. The molecule has 0 aromatic carbocycles. The van der Waals surface area contributed by atoms with Crippen molar-refractivity contribution >= 4 is 11.6 Å². The molecule has 10 heavy (non-hydrogen) atoms. The van der Waals surface area contributed by atoms with Gasteiger partial charge in [0.15, 0.2) is 0 Å². The number of halogens is 1. The first kappa shape index (κ1) is 10.2. The van der Waals surface area contributed by atoms with E-state index in [9.17, 15) is 0 Å². The highest BCUT2D eigenvalue weighted by Crippen LogP contribution is 2.04. The van der Waals surface area contributed by atoms with Crippen LogP contribution in [-0.4, -0.2) is 32.8 Å². The predicted molar refractivity (Wildman–Crippen MR) is 42.6 cm³/mol. The largest absolute Gasteiger partial charge is 0.385 e. The summed E-state index contributed by atoms with van der Waals surface area (Å²) in [6.45, 7) is 1.41. The lowest BCUT2D eigenvalue weighted by Gasteiger charge is -2.06. The molecule has 0 aliphatic rings. The van der Waals surface area contributed by atoms with E-state index in [1.54, 1.807) is 14.2 Å². The Bertz CT molecular complexity index is 68.6. The summed E-state index contributed by atoms with van der Waals surface area (Å²) in [7, 11) is 3.35. The maximum Gasteiger partial charge on any atom is 0.0626 e. The van der Waals surface area contributed by atoms with Gasteiger partial charge in [-0.2, -0.15) is 0 Å². The molecular formula is C7H15ClO2. The van der Waals surface area contributed by atoms with Crippen molar-refractivity contribution in [2.24, 2.45) is 0 Å². The second-order valence-electron chi connectivity index (χ2n) is 2.19. The SMILES string of the molecule is COCCCC(Cl)COC. The van der Waals surface area contributed by atoms with Crippen LogP contribution in [0, 0.1) is 0 Å². The Labute approximate surface area is 67.5 Å². The fraction of sp³-hybridized carbons (Fsp3) is 1.00. The molecule has 62 valence electrons. The van der Waals surface area contributed by atoms with Gasteiger partial charge in [-0.1, -0.05) is 0 Å². The van der Waals surface area contributed by atoms with Gasteiger partial charge in [0.2, 0.25) is 0 Å². The van der Waals surface area contributed by atoms with E-state index in [1.165, 1.54) is 0 Å². The molecule has 0 saturated heterocycles. The van der Waals surface area contributed by atoms with E-state index in [0.717, 1.165) is 19.4 Å². The lowest BCUT2D eigenvalue weighted by atomic mass is 10.2. The van der Waals surface area contributed by atoms with Crippen LogP contribution in [0.4, 0.5) is 0 Å². The molecule has 1 atom stereocenters. The molecular weight excluding hydrogens is 152 g/mol. The minimum Gasteiger partial charge on any atom is -0.385 e. The molecule has 3 heteroatoms. The number of ether oxygens (including phenoxy) is 2. The van der Waals surface area contributed by atoms with Gasteiger partial charge in [0.1, 0.15) is 0 Å². The Morgan fingerprint density at radius 3 is 2.50 bits per heavy atom. The first-order valence-corrected chi connectivity index (χ1v) is 3.86. The summed E-state index contributed by atoms with van der Waals surface area (Å²) in [6, 6.07) is 0. The van der Waals surface area contributed by atoms with E-state index in [-0.39, 0.29) is 5.38 Å². The second kappa shape index (κ2) is 7.32. The Morgan fingerprint density at radius 1 is 1.30 bits per heavy atom. The van der Waals surface area contributed by atoms with Crippen LogP contribution in [0.3, 0.4) is 0 Å². The second-order valence-corrected chi connectivity index (χ2v) is 2.80. The van der Waals surface area contributed by atoms with Gasteiger partial charge in [-0.05, 0) is 12.8 Å². The van der Waals surface area contributed by atoms with Crippen LogP contribution in [0.5, 0.6) is 0 Å². The number of hydrogen-bond acceptors (Lipinski definition) is 2. The molecule has 0 radical (unpaired) electrons. The normalized spacial score (nSPS) is 13.5. The third-order valence-electron chi connectivity index (χ3n) is 1.21. The first-order valence-electron chi connectivity index (χ1n) is 3.43. The van der Waals surface area contributed by atoms with Gasteiger partial charge in [-0.15, -0.1) is 11.6 Å². The van der Waals surface area contributed by atoms with Crippen molar-refractivity contribution in [1.29, 1.82) is 0 Å². The van der Waals surface area contributed by atoms with Crippen LogP contribution in [0.25, 0.3) is 0 Å². The molecule has 0 rings (SSSR count). The first-order chi connectivity index (χ1) is 4.81. The van der Waals surface area contributed by atoms with Crippen LogP contribution in [-0.2, 0) is 9.47 Å². The molecule has 0 saturated carbocycles. The van der Waals surface area contributed by atoms with Gasteiger partial charge in [0, 0.05) is 20.8 Å². The predicted octanol–water partition coefficient (Wildman–Crippen LogP) is 1.67. The molecule has 0 fully saturated rings. The summed E-state index contributed by atoms with van der Waals surface area (Å²) in [5.74, 6) is 0. The standard InChI is InChI=1S/C7H15ClO2/c1-9-5-3-4-7(8)6-10-2/h7H,3-6H2,1-2H3. The van der Waals surface area contributed by atoms with Crippen molar-refractivity contribution in [1.82, 2.24) is 0 Å². The number of hydrogen-bond donors (Lipinski definition) is 0. The average molecular weight is 167 g/mol. The van der Waals surface area contributed by atoms with Crippen molar-refractivity contribution in [2.45, 2.75) is 18.2 Å². The molecule has 0 heterocycles. The van der Waals surface area contributed by atoms with Crippen LogP contribution in [0.15, 0.2) is 0 Å². The van der Waals surface area contributed by atoms with Crippen molar-refractivity contribution < 1.29 is 9.47 Å². The van der Waals surface area contributed by atoms with E-state index < -0.39 is 0 Å². The van der Waals surface area contributed by atoms with Gasteiger partial charge < -0.3 is 9.47 Å². The van der Waals surface area contributed by atoms with Gasteiger partial charge in [0.25, 0.3) is 0 Å². The minimum absolute atomic E-state index is 0.139. The van der Waals surface area contributed by atoms with Crippen LogP contribution in [0.2, 0.25) is 0 Å². The quantitative estimate of drug-likeness (QED) is 0.442. The maximum atomic E-state index is 5.84. The molecule has 0 aliphatic carbocycles. The molecule has 0 amide bonds. The van der Waals surface area contributed by atoms with Crippen molar-refractivity contribution in [3.8, 4) is 0 Å². The Hall–Kier alpha value is 0.210. The van der Waals surface area contributed by atoms with Gasteiger partial charge in [-0.3, -0.25) is 0 Å². The van der Waals surface area contributed by atoms with E-state index in [1.807, 2.05) is 0 Å². The van der Waals surface area contributed by atoms with E-state index in [0.29, 0.717) is 6.61 Å². The summed E-state index contributed by atoms with van der Waals surface area (Å²) in [5.41, 5.74) is 0. The van der Waals surface area contributed by atoms with Gasteiger partial charge in [0.05, 0.1) is 12.0 Å². The van der Waals surface area contributed by atoms with Crippen molar-refractivity contribution in [3.63, 3.8) is 0 Å². The lowest BCUT2D eigenvalue weighted by Crippen LogP contribution is -2.07. The molecule has 0 N–H and O–H groups in total. The number of alkyl halides is 1. The third-order valence-corrected chi connectivity index (χ3v) is 1.56. The van der Waals surface area contributed by atoms with E-state index in [2.05, 4.69) is 0 Å². The lowest BCUT2D eigenvalue weighted by molar-refractivity contribution is 0.174. The van der Waals surface area contributed by atoms with Crippen molar-refractivity contribution in [2.75, 3.05) is 27.4 Å². The third kappa shape index (κ3) is 6.33. The minimum atomic E-state index is 0.139.